The molecule has 0 saturated heterocycles. The SMILES string of the molecule is Cc1ccc(S(=O)(=O)C(NC(=O)C(C)C)c2ccc(F)cc2)cc1.Cc1ccc(S(=O)O)cc1. The summed E-state index contributed by atoms with van der Waals surface area (Å²) in [7, 11) is -3.87. The Morgan fingerprint density at radius 3 is 1.79 bits per heavy atom. The number of halogens is 1. The van der Waals surface area contributed by atoms with Crippen molar-refractivity contribution in [2.24, 2.45) is 5.92 Å². The first kappa shape index (κ1) is 27.4. The fourth-order valence-electron chi connectivity index (χ4n) is 2.79. The fraction of sp³-hybridized carbons (Fsp3) is 0.240. The number of nitrogens with one attached hydrogen (secondary N) is 1. The van der Waals surface area contributed by atoms with Gasteiger partial charge in [-0.3, -0.25) is 4.79 Å². The van der Waals surface area contributed by atoms with Gasteiger partial charge in [-0.15, -0.1) is 0 Å². The van der Waals surface area contributed by atoms with Gasteiger partial charge in [-0.05, 0) is 55.8 Å². The zero-order chi connectivity index (χ0) is 25.5. The van der Waals surface area contributed by atoms with Gasteiger partial charge in [0.25, 0.3) is 0 Å². The van der Waals surface area contributed by atoms with E-state index in [1.165, 1.54) is 36.4 Å². The number of benzene rings is 3. The topological polar surface area (TPSA) is 101 Å². The van der Waals surface area contributed by atoms with Crippen molar-refractivity contribution in [2.75, 3.05) is 0 Å². The Morgan fingerprint density at radius 2 is 1.35 bits per heavy atom. The molecule has 3 aromatic rings. The second-order valence-electron chi connectivity index (χ2n) is 8.02. The summed E-state index contributed by atoms with van der Waals surface area (Å²) < 4.78 is 58.1. The third kappa shape index (κ3) is 7.58. The van der Waals surface area contributed by atoms with Gasteiger partial charge < -0.3 is 9.87 Å². The van der Waals surface area contributed by atoms with Crippen LogP contribution in [-0.4, -0.2) is 23.1 Å². The quantitative estimate of drug-likeness (QED) is 0.462. The third-order valence-corrected chi connectivity index (χ3v) is 7.47. The van der Waals surface area contributed by atoms with Gasteiger partial charge in [0.1, 0.15) is 5.82 Å². The van der Waals surface area contributed by atoms with Gasteiger partial charge >= 0.3 is 0 Å². The Balaban J connectivity index is 0.000000340. The van der Waals surface area contributed by atoms with Crippen LogP contribution in [-0.2, 0) is 25.7 Å². The lowest BCUT2D eigenvalue weighted by Gasteiger charge is -2.21. The molecule has 3 rings (SSSR count). The van der Waals surface area contributed by atoms with Crippen molar-refractivity contribution in [2.45, 2.75) is 42.9 Å². The maximum absolute atomic E-state index is 13.2. The summed E-state index contributed by atoms with van der Waals surface area (Å²) in [4.78, 5) is 12.6. The molecule has 0 aliphatic rings. The second-order valence-corrected chi connectivity index (χ2v) is 11.0. The van der Waals surface area contributed by atoms with E-state index in [9.17, 15) is 21.8 Å². The van der Waals surface area contributed by atoms with Crippen molar-refractivity contribution in [3.8, 4) is 0 Å². The van der Waals surface area contributed by atoms with Crippen LogP contribution in [0.1, 0.15) is 35.9 Å². The lowest BCUT2D eigenvalue weighted by atomic mass is 10.2. The van der Waals surface area contributed by atoms with Gasteiger partial charge in [0, 0.05) is 5.92 Å². The lowest BCUT2D eigenvalue weighted by molar-refractivity contribution is -0.124. The van der Waals surface area contributed by atoms with Crippen LogP contribution in [0.25, 0.3) is 0 Å². The van der Waals surface area contributed by atoms with E-state index in [4.69, 9.17) is 4.55 Å². The van der Waals surface area contributed by atoms with Crippen LogP contribution in [0.3, 0.4) is 0 Å². The summed E-state index contributed by atoms with van der Waals surface area (Å²) in [5.41, 5.74) is 2.33. The molecule has 182 valence electrons. The Bertz CT molecular complexity index is 1220. The van der Waals surface area contributed by atoms with Crippen LogP contribution < -0.4 is 5.32 Å². The lowest BCUT2D eigenvalue weighted by Crippen LogP contribution is -2.36. The summed E-state index contributed by atoms with van der Waals surface area (Å²) in [6.07, 6.45) is 0. The Morgan fingerprint density at radius 1 is 0.882 bits per heavy atom. The molecule has 0 aliphatic heterocycles. The zero-order valence-electron chi connectivity index (χ0n) is 19.4. The molecule has 0 fully saturated rings. The second kappa shape index (κ2) is 12.0. The van der Waals surface area contributed by atoms with Gasteiger partial charge in [0.2, 0.25) is 15.7 Å². The van der Waals surface area contributed by atoms with Gasteiger partial charge in [0.15, 0.2) is 16.5 Å². The van der Waals surface area contributed by atoms with Gasteiger partial charge in [-0.2, -0.15) is 0 Å². The zero-order valence-corrected chi connectivity index (χ0v) is 21.0. The number of carbonyl (C=O) groups is 1. The van der Waals surface area contributed by atoms with Gasteiger partial charge in [0.05, 0.1) is 9.79 Å². The first-order valence-electron chi connectivity index (χ1n) is 10.5. The molecule has 2 N–H and O–H groups in total. The summed E-state index contributed by atoms with van der Waals surface area (Å²) in [5.74, 6) is -1.23. The molecule has 0 heterocycles. The minimum atomic E-state index is -3.87. The largest absolute Gasteiger partial charge is 0.335 e. The smallest absolute Gasteiger partial charge is 0.223 e. The summed E-state index contributed by atoms with van der Waals surface area (Å²) in [6.45, 7) is 7.14. The fourth-order valence-corrected chi connectivity index (χ4v) is 4.74. The highest BCUT2D eigenvalue weighted by atomic mass is 32.2. The van der Waals surface area contributed by atoms with Crippen molar-refractivity contribution in [3.05, 3.63) is 95.3 Å². The monoisotopic (exact) mass is 505 g/mol. The number of aryl methyl sites for hydroxylation is 2. The van der Waals surface area contributed by atoms with E-state index in [1.54, 1.807) is 38.1 Å². The van der Waals surface area contributed by atoms with E-state index in [1.807, 2.05) is 26.0 Å². The van der Waals surface area contributed by atoms with Gasteiger partial charge in [-0.1, -0.05) is 61.4 Å². The molecule has 1 amide bonds. The molecule has 0 bridgehead atoms. The molecule has 0 aliphatic carbocycles. The molecule has 0 saturated carbocycles. The highest BCUT2D eigenvalue weighted by molar-refractivity contribution is 7.91. The molecule has 34 heavy (non-hydrogen) atoms. The minimum absolute atomic E-state index is 0.103. The first-order valence-corrected chi connectivity index (χ1v) is 13.1. The van der Waals surface area contributed by atoms with Crippen LogP contribution >= 0.6 is 0 Å². The number of carbonyl (C=O) groups excluding carboxylic acids is 1. The Hall–Kier alpha value is -2.88. The number of sulfone groups is 1. The van der Waals surface area contributed by atoms with Crippen LogP contribution in [0, 0.1) is 25.6 Å². The summed E-state index contributed by atoms with van der Waals surface area (Å²) >= 11 is -1.84. The summed E-state index contributed by atoms with van der Waals surface area (Å²) in [5, 5.41) is 1.29. The average molecular weight is 506 g/mol. The Kier molecular flexibility index (Phi) is 9.66. The molecule has 0 aromatic heterocycles. The number of rotatable bonds is 6. The van der Waals surface area contributed by atoms with E-state index in [-0.39, 0.29) is 16.7 Å². The van der Waals surface area contributed by atoms with Crippen molar-refractivity contribution in [1.82, 2.24) is 5.32 Å². The highest BCUT2D eigenvalue weighted by Crippen LogP contribution is 2.27. The molecule has 2 atom stereocenters. The van der Waals surface area contributed by atoms with E-state index in [0.717, 1.165) is 11.1 Å². The summed E-state index contributed by atoms with van der Waals surface area (Å²) in [6, 6.07) is 18.4. The Labute approximate surface area is 202 Å². The van der Waals surface area contributed by atoms with Gasteiger partial charge in [-0.25, -0.2) is 17.0 Å². The maximum Gasteiger partial charge on any atom is 0.223 e. The predicted octanol–water partition coefficient (Wildman–Crippen LogP) is 4.95. The van der Waals surface area contributed by atoms with Crippen LogP contribution in [0.4, 0.5) is 4.39 Å². The molecule has 0 radical (unpaired) electrons. The van der Waals surface area contributed by atoms with Crippen molar-refractivity contribution < 1.29 is 26.4 Å². The number of hydrogen-bond donors (Lipinski definition) is 2. The first-order chi connectivity index (χ1) is 15.9. The minimum Gasteiger partial charge on any atom is -0.335 e. The third-order valence-electron chi connectivity index (χ3n) is 4.85. The predicted molar refractivity (Wildman–Crippen MR) is 131 cm³/mol. The molecule has 2 unspecified atom stereocenters. The maximum atomic E-state index is 13.2. The normalized spacial score (nSPS) is 12.9. The van der Waals surface area contributed by atoms with Crippen molar-refractivity contribution in [3.63, 3.8) is 0 Å². The van der Waals surface area contributed by atoms with Crippen LogP contribution in [0.2, 0.25) is 0 Å². The van der Waals surface area contributed by atoms with Crippen molar-refractivity contribution in [1.29, 1.82) is 0 Å². The van der Waals surface area contributed by atoms with E-state index < -0.39 is 32.1 Å². The van der Waals surface area contributed by atoms with E-state index >= 15 is 0 Å². The molecule has 6 nitrogen and oxygen atoms in total. The van der Waals surface area contributed by atoms with E-state index in [0.29, 0.717) is 10.5 Å². The van der Waals surface area contributed by atoms with Crippen molar-refractivity contribution >= 4 is 26.8 Å². The molecular weight excluding hydrogens is 477 g/mol. The molecule has 3 aromatic carbocycles. The average Bonchev–Trinajstić information content (AvgIpc) is 2.79. The number of hydrogen-bond acceptors (Lipinski definition) is 4. The van der Waals surface area contributed by atoms with Crippen LogP contribution in [0.15, 0.2) is 82.6 Å². The highest BCUT2D eigenvalue weighted by Gasteiger charge is 2.31. The van der Waals surface area contributed by atoms with E-state index in [2.05, 4.69) is 5.32 Å². The molecule has 9 heteroatoms. The number of amides is 1. The molecule has 0 spiro atoms. The molecular formula is C25H28FNO5S2. The standard InChI is InChI=1S/C18H20FNO3S.C7H8O2S/c1-12(2)17(21)20-18(14-6-8-15(19)9-7-14)24(22,23)16-10-4-13(3)5-11-16;1-6-2-4-7(5-3-6)10(8)9/h4-12,18H,1-3H3,(H,20,21);2-5H,1H3,(H,8,9). The van der Waals surface area contributed by atoms with Crippen LogP contribution in [0.5, 0.6) is 0 Å².